The van der Waals surface area contributed by atoms with Crippen LogP contribution in [0.2, 0.25) is 0 Å². The smallest absolute Gasteiger partial charge is 0.211 e. The van der Waals surface area contributed by atoms with Crippen molar-refractivity contribution >= 4 is 40.0 Å². The fraction of sp³-hybridized carbons (Fsp3) is 0.533. The van der Waals surface area contributed by atoms with Gasteiger partial charge in [0.15, 0.2) is 5.96 Å². The van der Waals surface area contributed by atoms with Crippen LogP contribution in [0.1, 0.15) is 13.3 Å². The highest BCUT2D eigenvalue weighted by atomic mass is 127. The Morgan fingerprint density at radius 3 is 2.42 bits per heavy atom. The van der Waals surface area contributed by atoms with Gasteiger partial charge in [0.05, 0.1) is 12.3 Å². The molecule has 0 saturated heterocycles. The quantitative estimate of drug-likeness (QED) is 0.207. The van der Waals surface area contributed by atoms with E-state index in [1.165, 1.54) is 0 Å². The van der Waals surface area contributed by atoms with Crippen LogP contribution in [0.3, 0.4) is 0 Å². The van der Waals surface area contributed by atoms with Gasteiger partial charge in [-0.15, -0.1) is 24.0 Å². The minimum Gasteiger partial charge on any atom is -0.492 e. The topological polar surface area (TPSA) is 91.8 Å². The van der Waals surface area contributed by atoms with E-state index in [1.807, 2.05) is 30.3 Å². The van der Waals surface area contributed by atoms with Crippen LogP contribution in [0.15, 0.2) is 35.3 Å². The van der Waals surface area contributed by atoms with E-state index >= 15 is 0 Å². The van der Waals surface area contributed by atoms with Gasteiger partial charge >= 0.3 is 0 Å². The van der Waals surface area contributed by atoms with Crippen LogP contribution in [0, 0.1) is 0 Å². The normalized spacial score (nSPS) is 11.5. The fourth-order valence-electron chi connectivity index (χ4n) is 1.70. The fourth-order valence-corrected chi connectivity index (χ4v) is 2.36. The summed E-state index contributed by atoms with van der Waals surface area (Å²) >= 11 is 0. The number of nitrogens with one attached hydrogen (secondary N) is 3. The predicted octanol–water partition coefficient (Wildman–Crippen LogP) is 1.18. The summed E-state index contributed by atoms with van der Waals surface area (Å²) in [6.07, 6.45) is 0.681. The zero-order valence-corrected chi connectivity index (χ0v) is 17.3. The molecule has 0 aliphatic heterocycles. The standard InChI is InChI=1S/C15H26N4O3S.HI/c1-3-23(20,21)19-11-7-10-17-15(16-2)18-12-13-22-14-8-5-4-6-9-14;/h4-6,8-9,19H,3,7,10-13H2,1-2H3,(H2,16,17,18);1H. The lowest BCUT2D eigenvalue weighted by Crippen LogP contribution is -2.40. The Hall–Kier alpha value is -1.07. The van der Waals surface area contributed by atoms with Gasteiger partial charge in [-0.1, -0.05) is 18.2 Å². The maximum absolute atomic E-state index is 11.3. The highest BCUT2D eigenvalue weighted by molar-refractivity contribution is 14.0. The average Bonchev–Trinajstić information content (AvgIpc) is 2.57. The summed E-state index contributed by atoms with van der Waals surface area (Å²) in [5.74, 6) is 1.60. The first-order valence-electron chi connectivity index (χ1n) is 7.67. The van der Waals surface area contributed by atoms with Gasteiger partial charge in [-0.25, -0.2) is 13.1 Å². The van der Waals surface area contributed by atoms with E-state index in [4.69, 9.17) is 4.74 Å². The van der Waals surface area contributed by atoms with E-state index < -0.39 is 10.0 Å². The maximum Gasteiger partial charge on any atom is 0.211 e. The molecule has 1 aromatic rings. The molecule has 1 rings (SSSR count). The molecule has 0 radical (unpaired) electrons. The third kappa shape index (κ3) is 10.7. The highest BCUT2D eigenvalue weighted by Gasteiger charge is 2.04. The van der Waals surface area contributed by atoms with Gasteiger partial charge in [-0.2, -0.15) is 0 Å². The van der Waals surface area contributed by atoms with Crippen LogP contribution in [-0.4, -0.2) is 53.4 Å². The maximum atomic E-state index is 11.3. The van der Waals surface area contributed by atoms with E-state index in [9.17, 15) is 8.42 Å². The molecule has 138 valence electrons. The van der Waals surface area contributed by atoms with Crippen molar-refractivity contribution in [3.05, 3.63) is 30.3 Å². The number of aliphatic imine (C=N–C) groups is 1. The van der Waals surface area contributed by atoms with Crippen molar-refractivity contribution in [1.29, 1.82) is 0 Å². The van der Waals surface area contributed by atoms with Crippen molar-refractivity contribution in [3.8, 4) is 5.75 Å². The van der Waals surface area contributed by atoms with Crippen LogP contribution in [0.5, 0.6) is 5.75 Å². The summed E-state index contributed by atoms with van der Waals surface area (Å²) < 4.78 is 30.6. The molecule has 0 fully saturated rings. The van der Waals surface area contributed by atoms with Crippen LogP contribution >= 0.6 is 24.0 Å². The second-order valence-electron chi connectivity index (χ2n) is 4.74. The summed E-state index contributed by atoms with van der Waals surface area (Å²) in [5.41, 5.74) is 0. The molecule has 0 aliphatic rings. The Morgan fingerprint density at radius 2 is 1.79 bits per heavy atom. The number of nitrogens with zero attached hydrogens (tertiary/aromatic N) is 1. The highest BCUT2D eigenvalue weighted by Crippen LogP contribution is 2.07. The van der Waals surface area contributed by atoms with Crippen molar-refractivity contribution in [3.63, 3.8) is 0 Å². The summed E-state index contributed by atoms with van der Waals surface area (Å²) in [6, 6.07) is 9.61. The molecule has 3 N–H and O–H groups in total. The molecule has 0 amide bonds. The summed E-state index contributed by atoms with van der Waals surface area (Å²) in [7, 11) is -1.42. The Balaban J connectivity index is 0.00000529. The molecular formula is C15H27IN4O3S. The molecule has 1 aromatic carbocycles. The first kappa shape index (κ1) is 22.9. The Labute approximate surface area is 161 Å². The van der Waals surface area contributed by atoms with Crippen molar-refractivity contribution in [1.82, 2.24) is 15.4 Å². The van der Waals surface area contributed by atoms with Gasteiger partial charge in [-0.05, 0) is 25.5 Å². The second-order valence-corrected chi connectivity index (χ2v) is 6.83. The molecular weight excluding hydrogens is 443 g/mol. The van der Waals surface area contributed by atoms with Gasteiger partial charge in [-0.3, -0.25) is 4.99 Å². The monoisotopic (exact) mass is 470 g/mol. The molecule has 0 aliphatic carbocycles. The van der Waals surface area contributed by atoms with E-state index in [0.29, 0.717) is 38.6 Å². The van der Waals surface area contributed by atoms with Crippen LogP contribution < -0.4 is 20.1 Å². The largest absolute Gasteiger partial charge is 0.492 e. The number of ether oxygens (including phenoxy) is 1. The molecule has 0 bridgehead atoms. The Bertz CT molecular complexity index is 567. The van der Waals surface area contributed by atoms with Gasteiger partial charge < -0.3 is 15.4 Å². The number of halogens is 1. The zero-order chi connectivity index (χ0) is 17.0. The first-order chi connectivity index (χ1) is 11.1. The van der Waals surface area contributed by atoms with Gasteiger partial charge in [0.2, 0.25) is 10.0 Å². The molecule has 0 aromatic heterocycles. The molecule has 0 saturated carbocycles. The number of benzene rings is 1. The SMILES string of the molecule is CCS(=O)(=O)NCCCNC(=NC)NCCOc1ccccc1.I. The number of rotatable bonds is 10. The van der Waals surface area contributed by atoms with E-state index in [-0.39, 0.29) is 29.7 Å². The first-order valence-corrected chi connectivity index (χ1v) is 9.32. The van der Waals surface area contributed by atoms with Crippen LogP contribution in [-0.2, 0) is 10.0 Å². The molecule has 0 atom stereocenters. The lowest BCUT2D eigenvalue weighted by atomic mass is 10.3. The third-order valence-electron chi connectivity index (χ3n) is 2.98. The summed E-state index contributed by atoms with van der Waals surface area (Å²) in [4.78, 5) is 4.10. The molecule has 0 unspecified atom stereocenters. The van der Waals surface area contributed by atoms with Gasteiger partial charge in [0, 0.05) is 20.1 Å². The van der Waals surface area contributed by atoms with E-state index in [1.54, 1.807) is 14.0 Å². The number of hydrogen-bond donors (Lipinski definition) is 3. The van der Waals surface area contributed by atoms with Crippen molar-refractivity contribution in [2.24, 2.45) is 4.99 Å². The molecule has 0 heterocycles. The molecule has 24 heavy (non-hydrogen) atoms. The summed E-state index contributed by atoms with van der Waals surface area (Å²) in [5, 5.41) is 6.25. The number of para-hydroxylation sites is 1. The summed E-state index contributed by atoms with van der Waals surface area (Å²) in [6.45, 7) is 3.81. The molecule has 7 nitrogen and oxygen atoms in total. The minimum atomic E-state index is -3.11. The predicted molar refractivity (Wildman–Crippen MR) is 109 cm³/mol. The van der Waals surface area contributed by atoms with E-state index in [2.05, 4.69) is 20.3 Å². The van der Waals surface area contributed by atoms with Gasteiger partial charge in [0.25, 0.3) is 0 Å². The lowest BCUT2D eigenvalue weighted by Gasteiger charge is -2.12. The van der Waals surface area contributed by atoms with E-state index in [0.717, 1.165) is 5.75 Å². The Morgan fingerprint density at radius 1 is 1.12 bits per heavy atom. The third-order valence-corrected chi connectivity index (χ3v) is 4.38. The average molecular weight is 470 g/mol. The van der Waals surface area contributed by atoms with Crippen LogP contribution in [0.25, 0.3) is 0 Å². The molecule has 9 heteroatoms. The second kappa shape index (κ2) is 13.2. The van der Waals surface area contributed by atoms with Gasteiger partial charge in [0.1, 0.15) is 12.4 Å². The van der Waals surface area contributed by atoms with Crippen LogP contribution in [0.4, 0.5) is 0 Å². The lowest BCUT2D eigenvalue weighted by molar-refractivity contribution is 0.322. The zero-order valence-electron chi connectivity index (χ0n) is 14.1. The number of hydrogen-bond acceptors (Lipinski definition) is 4. The Kier molecular flexibility index (Phi) is 12.7. The van der Waals surface area contributed by atoms with Crippen molar-refractivity contribution in [2.45, 2.75) is 13.3 Å². The molecule has 0 spiro atoms. The minimum absolute atomic E-state index is 0. The number of guanidine groups is 1. The van der Waals surface area contributed by atoms with Crippen molar-refractivity contribution in [2.75, 3.05) is 39.0 Å². The van der Waals surface area contributed by atoms with Crippen molar-refractivity contribution < 1.29 is 13.2 Å². The number of sulfonamides is 1.